The van der Waals surface area contributed by atoms with Crippen molar-refractivity contribution in [2.24, 2.45) is 0 Å². The van der Waals surface area contributed by atoms with Crippen LogP contribution in [0.15, 0.2) is 52.7 Å². The summed E-state index contributed by atoms with van der Waals surface area (Å²) in [5.41, 5.74) is 3.92. The number of rotatable bonds is 5. The minimum absolute atomic E-state index is 0.242. The molecule has 0 spiro atoms. The smallest absolute Gasteiger partial charge is 0.156 e. The van der Waals surface area contributed by atoms with Gasteiger partial charge in [0.15, 0.2) is 5.76 Å². The predicted molar refractivity (Wildman–Crippen MR) is 96.2 cm³/mol. The van der Waals surface area contributed by atoms with Crippen molar-refractivity contribution < 1.29 is 4.74 Å². The molecule has 0 saturated carbocycles. The Balaban J connectivity index is 1.47. The number of dihydropyridines is 1. The van der Waals surface area contributed by atoms with Gasteiger partial charge in [-0.25, -0.2) is 0 Å². The van der Waals surface area contributed by atoms with Gasteiger partial charge in [-0.15, -0.1) is 0 Å². The maximum atomic E-state index is 6.09. The molecular formula is C17H18BrN5O. The number of aromatic nitrogens is 2. The average molecular weight is 388 g/mol. The largest absolute Gasteiger partial charge is 0.485 e. The van der Waals surface area contributed by atoms with E-state index in [2.05, 4.69) is 54.0 Å². The number of nitrogens with one attached hydrogen (secondary N) is 3. The van der Waals surface area contributed by atoms with Crippen molar-refractivity contribution in [3.05, 3.63) is 58.3 Å². The molecule has 7 heteroatoms. The zero-order valence-corrected chi connectivity index (χ0v) is 14.6. The summed E-state index contributed by atoms with van der Waals surface area (Å²) in [6.45, 7) is 3.23. The standard InChI is InChI=1S/C17H18BrN5O/c18-13-9-20-10-16(17(13)24-12-7-19-8-12)23-6-11-1-2-14-15(5-11)22-4-3-21-14/h1-5,10,12,19-20,23H,6-9H2. The van der Waals surface area contributed by atoms with E-state index < -0.39 is 0 Å². The van der Waals surface area contributed by atoms with E-state index in [0.29, 0.717) is 6.54 Å². The predicted octanol–water partition coefficient (Wildman–Crippen LogP) is 1.76. The first kappa shape index (κ1) is 15.4. The van der Waals surface area contributed by atoms with Crippen LogP contribution in [0.3, 0.4) is 0 Å². The molecule has 1 saturated heterocycles. The van der Waals surface area contributed by atoms with Crippen LogP contribution in [0.5, 0.6) is 0 Å². The highest BCUT2D eigenvalue weighted by atomic mass is 79.9. The molecule has 0 atom stereocenters. The molecule has 2 aliphatic heterocycles. The Labute approximate surface area is 148 Å². The van der Waals surface area contributed by atoms with Crippen LogP contribution in [-0.4, -0.2) is 35.7 Å². The van der Waals surface area contributed by atoms with E-state index in [1.54, 1.807) is 12.4 Å². The highest BCUT2D eigenvalue weighted by molar-refractivity contribution is 9.11. The molecule has 0 aliphatic carbocycles. The van der Waals surface area contributed by atoms with Gasteiger partial charge >= 0.3 is 0 Å². The van der Waals surface area contributed by atoms with Crippen LogP contribution in [0.4, 0.5) is 0 Å². The second-order valence-electron chi connectivity index (χ2n) is 5.80. The van der Waals surface area contributed by atoms with Crippen LogP contribution >= 0.6 is 15.9 Å². The van der Waals surface area contributed by atoms with Gasteiger partial charge in [-0.05, 0) is 33.6 Å². The highest BCUT2D eigenvalue weighted by Gasteiger charge is 2.24. The van der Waals surface area contributed by atoms with Gasteiger partial charge in [0.2, 0.25) is 0 Å². The van der Waals surface area contributed by atoms with Gasteiger partial charge < -0.3 is 20.7 Å². The summed E-state index contributed by atoms with van der Waals surface area (Å²) in [6, 6.07) is 6.12. The molecule has 3 heterocycles. The van der Waals surface area contributed by atoms with E-state index in [9.17, 15) is 0 Å². The Morgan fingerprint density at radius 3 is 2.83 bits per heavy atom. The first-order valence-electron chi connectivity index (χ1n) is 7.93. The summed E-state index contributed by atoms with van der Waals surface area (Å²) in [6.07, 6.45) is 5.63. The van der Waals surface area contributed by atoms with E-state index in [4.69, 9.17) is 4.74 Å². The van der Waals surface area contributed by atoms with Crippen LogP contribution < -0.4 is 16.0 Å². The van der Waals surface area contributed by atoms with Gasteiger partial charge in [0.05, 0.1) is 21.2 Å². The number of halogens is 1. The Kier molecular flexibility index (Phi) is 4.36. The van der Waals surface area contributed by atoms with Gasteiger partial charge in [-0.3, -0.25) is 9.97 Å². The number of hydrogen-bond acceptors (Lipinski definition) is 6. The van der Waals surface area contributed by atoms with Crippen molar-refractivity contribution in [2.45, 2.75) is 12.6 Å². The zero-order valence-electron chi connectivity index (χ0n) is 13.1. The first-order chi connectivity index (χ1) is 11.8. The molecule has 0 amide bonds. The molecule has 0 unspecified atom stereocenters. The molecule has 2 aromatic rings. The highest BCUT2D eigenvalue weighted by Crippen LogP contribution is 2.24. The van der Waals surface area contributed by atoms with Crippen molar-refractivity contribution in [1.29, 1.82) is 0 Å². The fraction of sp³-hybridized carbons (Fsp3) is 0.294. The lowest BCUT2D eigenvalue weighted by Crippen LogP contribution is -2.48. The Morgan fingerprint density at radius 1 is 1.21 bits per heavy atom. The van der Waals surface area contributed by atoms with Crippen molar-refractivity contribution in [2.75, 3.05) is 19.6 Å². The lowest BCUT2D eigenvalue weighted by Gasteiger charge is -2.31. The summed E-state index contributed by atoms with van der Waals surface area (Å²) in [5, 5.41) is 9.92. The number of hydrogen-bond donors (Lipinski definition) is 3. The molecule has 1 aromatic heterocycles. The van der Waals surface area contributed by atoms with E-state index in [1.165, 1.54) is 0 Å². The van der Waals surface area contributed by atoms with Gasteiger partial charge in [0.25, 0.3) is 0 Å². The Morgan fingerprint density at radius 2 is 2.04 bits per heavy atom. The van der Waals surface area contributed by atoms with Crippen molar-refractivity contribution in [3.8, 4) is 0 Å². The molecule has 1 aromatic carbocycles. The summed E-state index contributed by atoms with van der Waals surface area (Å²) < 4.78 is 7.12. The van der Waals surface area contributed by atoms with Gasteiger partial charge in [-0.2, -0.15) is 0 Å². The fourth-order valence-electron chi connectivity index (χ4n) is 2.62. The van der Waals surface area contributed by atoms with Gasteiger partial charge in [0, 0.05) is 44.8 Å². The molecular weight excluding hydrogens is 370 g/mol. The van der Waals surface area contributed by atoms with Gasteiger partial charge in [0.1, 0.15) is 6.10 Å². The third kappa shape index (κ3) is 3.22. The summed E-state index contributed by atoms with van der Waals surface area (Å²) in [5.74, 6) is 0.890. The number of ether oxygens (including phenoxy) is 1. The van der Waals surface area contributed by atoms with Crippen LogP contribution in [0.25, 0.3) is 11.0 Å². The van der Waals surface area contributed by atoms with Gasteiger partial charge in [-0.1, -0.05) is 6.07 Å². The Bertz CT molecular complexity index is 815. The maximum Gasteiger partial charge on any atom is 0.156 e. The van der Waals surface area contributed by atoms with E-state index in [1.807, 2.05) is 12.3 Å². The topological polar surface area (TPSA) is 71.1 Å². The molecule has 124 valence electrons. The maximum absolute atomic E-state index is 6.09. The summed E-state index contributed by atoms with van der Waals surface area (Å²) in [4.78, 5) is 8.65. The summed E-state index contributed by atoms with van der Waals surface area (Å²) >= 11 is 3.61. The lowest BCUT2D eigenvalue weighted by molar-refractivity contribution is 0.0730. The normalized spacial score (nSPS) is 18.0. The quantitative estimate of drug-likeness (QED) is 0.725. The van der Waals surface area contributed by atoms with Crippen molar-refractivity contribution >= 4 is 27.0 Å². The van der Waals surface area contributed by atoms with Crippen LogP contribution in [0, 0.1) is 0 Å². The van der Waals surface area contributed by atoms with Crippen LogP contribution in [-0.2, 0) is 11.3 Å². The van der Waals surface area contributed by atoms with E-state index in [-0.39, 0.29) is 6.10 Å². The molecule has 3 N–H and O–H groups in total. The second-order valence-corrected chi connectivity index (χ2v) is 6.76. The minimum atomic E-state index is 0.242. The third-order valence-corrected chi connectivity index (χ3v) is 4.68. The Hall–Kier alpha value is -2.12. The first-order valence-corrected chi connectivity index (χ1v) is 8.72. The lowest BCUT2D eigenvalue weighted by atomic mass is 10.1. The molecule has 0 radical (unpaired) electrons. The zero-order chi connectivity index (χ0) is 16.4. The number of fused-ring (bicyclic) bond motifs is 1. The number of nitrogens with zero attached hydrogens (tertiary/aromatic N) is 2. The van der Waals surface area contributed by atoms with E-state index >= 15 is 0 Å². The van der Waals surface area contributed by atoms with E-state index in [0.717, 1.165) is 52.2 Å². The molecule has 0 bridgehead atoms. The SMILES string of the molecule is BrC1=C(OC2CNC2)C(NCc2ccc3nccnc3c2)=CNC1. The van der Waals surface area contributed by atoms with Crippen molar-refractivity contribution in [3.63, 3.8) is 0 Å². The monoisotopic (exact) mass is 387 g/mol. The molecule has 24 heavy (non-hydrogen) atoms. The molecule has 2 aliphatic rings. The van der Waals surface area contributed by atoms with Crippen LogP contribution in [0.1, 0.15) is 5.56 Å². The third-order valence-electron chi connectivity index (χ3n) is 4.04. The molecule has 4 rings (SSSR count). The van der Waals surface area contributed by atoms with Crippen molar-refractivity contribution in [1.82, 2.24) is 25.9 Å². The van der Waals surface area contributed by atoms with Crippen LogP contribution in [0.2, 0.25) is 0 Å². The number of benzene rings is 1. The molecule has 6 nitrogen and oxygen atoms in total. The molecule has 1 fully saturated rings. The average Bonchev–Trinajstić information content (AvgIpc) is 2.57. The minimum Gasteiger partial charge on any atom is -0.485 e. The second kappa shape index (κ2) is 6.78. The fourth-order valence-corrected chi connectivity index (χ4v) is 3.09. The summed E-state index contributed by atoms with van der Waals surface area (Å²) in [7, 11) is 0.